The molecule has 3 aliphatic heterocycles. The van der Waals surface area contributed by atoms with Gasteiger partial charge < -0.3 is 35.6 Å². The smallest absolute Gasteiger partial charge is 0.251 e. The summed E-state index contributed by atoms with van der Waals surface area (Å²) >= 11 is 7.90. The molecule has 4 aliphatic rings. The molecule has 4 N–H and O–H groups in total. The molecule has 73 heavy (non-hydrogen) atoms. The summed E-state index contributed by atoms with van der Waals surface area (Å²) in [6, 6.07) is 22.7. The molecule has 1 aliphatic carbocycles. The van der Waals surface area contributed by atoms with E-state index >= 15 is 0 Å². The number of nitriles is 1. The van der Waals surface area contributed by atoms with Crippen molar-refractivity contribution in [3.05, 3.63) is 117 Å². The number of benzene rings is 3. The number of halogens is 1. The van der Waals surface area contributed by atoms with Crippen LogP contribution in [0.3, 0.4) is 0 Å². The Labute approximate surface area is 441 Å². The van der Waals surface area contributed by atoms with E-state index in [1.165, 1.54) is 5.56 Å². The first kappa shape index (κ1) is 54.0. The first-order chi connectivity index (χ1) is 34.5. The lowest BCUT2D eigenvalue weighted by molar-refractivity contribution is -0.164. The van der Waals surface area contributed by atoms with Gasteiger partial charge in [-0.1, -0.05) is 103 Å². The number of unbranched alkanes of at least 4 members (excludes halogenated alkanes) is 1. The van der Waals surface area contributed by atoms with Crippen molar-refractivity contribution >= 4 is 40.7 Å². The van der Waals surface area contributed by atoms with E-state index in [1.54, 1.807) is 34.4 Å². The molecule has 2 bridgehead atoms. The molecule has 3 saturated heterocycles. The van der Waals surface area contributed by atoms with Crippen LogP contribution in [0.4, 0.5) is 0 Å². The minimum Gasteiger partial charge on any atom is -0.489 e. The second kappa shape index (κ2) is 21.9. The Morgan fingerprint density at radius 3 is 2.25 bits per heavy atom. The zero-order valence-electron chi connectivity index (χ0n) is 44.1. The number of aryl methyl sites for hydroxylation is 2. The third-order valence-electron chi connectivity index (χ3n) is 16.1. The van der Waals surface area contributed by atoms with E-state index in [9.17, 15) is 24.8 Å². The maximum absolute atomic E-state index is 14.5. The number of fused-ring (bicyclic) bond motifs is 2. The molecule has 0 spiro atoms. The number of aliphatic hydroxyl groups excluding tert-OH is 1. The number of hydrogen-bond donors (Lipinski definition) is 4. The number of hydrogen-bond acceptors (Lipinski definition) is 11. The van der Waals surface area contributed by atoms with Crippen molar-refractivity contribution in [1.82, 2.24) is 35.6 Å². The molecular weight excluding hydrogens is 956 g/mol. The van der Waals surface area contributed by atoms with E-state index in [-0.39, 0.29) is 71.9 Å². The van der Waals surface area contributed by atoms with E-state index in [1.807, 2.05) is 45.3 Å². The first-order valence-electron chi connectivity index (χ1n) is 26.0. The van der Waals surface area contributed by atoms with Gasteiger partial charge in [-0.25, -0.2) is 4.98 Å². The largest absolute Gasteiger partial charge is 0.489 e. The van der Waals surface area contributed by atoms with Gasteiger partial charge in [-0.3, -0.25) is 19.3 Å². The Morgan fingerprint density at radius 2 is 1.64 bits per heavy atom. The van der Waals surface area contributed by atoms with Crippen LogP contribution >= 0.6 is 22.9 Å². The van der Waals surface area contributed by atoms with Gasteiger partial charge in [0, 0.05) is 78.4 Å². The van der Waals surface area contributed by atoms with E-state index in [0.29, 0.717) is 34.0 Å². The number of piperazine rings is 1. The van der Waals surface area contributed by atoms with Gasteiger partial charge in [0.1, 0.15) is 24.0 Å². The van der Waals surface area contributed by atoms with Gasteiger partial charge in [-0.05, 0) is 98.9 Å². The van der Waals surface area contributed by atoms with Crippen molar-refractivity contribution in [2.24, 2.45) is 16.2 Å². The number of carbonyl (C=O) groups excluding carboxylic acids is 3. The van der Waals surface area contributed by atoms with Crippen LogP contribution in [-0.4, -0.2) is 118 Å². The molecule has 4 heterocycles. The predicted molar refractivity (Wildman–Crippen MR) is 289 cm³/mol. The van der Waals surface area contributed by atoms with Crippen molar-refractivity contribution in [3.63, 3.8) is 0 Å². The fraction of sp³-hybridized carbons (Fsp3) is 0.534. The van der Waals surface area contributed by atoms with Crippen LogP contribution in [0.2, 0.25) is 5.02 Å². The molecule has 1 aromatic heterocycles. The number of nitrogens with zero attached hydrogens (tertiary/aromatic N) is 5. The van der Waals surface area contributed by atoms with Gasteiger partial charge in [0.25, 0.3) is 5.91 Å². The highest BCUT2D eigenvalue weighted by atomic mass is 35.5. The Kier molecular flexibility index (Phi) is 16.2. The quantitative estimate of drug-likeness (QED) is 0.0708. The van der Waals surface area contributed by atoms with Crippen molar-refractivity contribution in [1.29, 1.82) is 5.26 Å². The lowest BCUT2D eigenvalue weighted by atomic mass is 9.49. The maximum atomic E-state index is 14.5. The topological polar surface area (TPSA) is 163 Å². The van der Waals surface area contributed by atoms with E-state index in [2.05, 4.69) is 114 Å². The normalized spacial score (nSPS) is 24.2. The molecule has 0 radical (unpaired) electrons. The van der Waals surface area contributed by atoms with E-state index < -0.39 is 23.6 Å². The van der Waals surface area contributed by atoms with Gasteiger partial charge in [-0.2, -0.15) is 5.26 Å². The van der Waals surface area contributed by atoms with Crippen LogP contribution in [0, 0.1) is 34.5 Å². The third-order valence-corrected chi connectivity index (χ3v) is 17.4. The predicted octanol–water partition coefficient (Wildman–Crippen LogP) is 9.08. The number of likely N-dealkylation sites (tertiary alicyclic amines) is 2. The molecule has 4 fully saturated rings. The molecule has 6 atom stereocenters. The van der Waals surface area contributed by atoms with E-state index in [4.69, 9.17) is 16.3 Å². The average Bonchev–Trinajstić information content (AvgIpc) is 4.02. The fourth-order valence-electron chi connectivity index (χ4n) is 12.4. The monoisotopic (exact) mass is 1030 g/mol. The van der Waals surface area contributed by atoms with Crippen LogP contribution < -0.4 is 20.7 Å². The van der Waals surface area contributed by atoms with Gasteiger partial charge in [0.2, 0.25) is 11.8 Å². The van der Waals surface area contributed by atoms with Crippen LogP contribution in [0.5, 0.6) is 5.75 Å². The van der Waals surface area contributed by atoms with Crippen LogP contribution in [0.25, 0.3) is 10.4 Å². The number of rotatable bonds is 18. The summed E-state index contributed by atoms with van der Waals surface area (Å²) in [5.74, 6) is 0.137. The number of aromatic nitrogens is 1. The standard InChI is InChI=1S/C58H75ClN8O5S/c1-35(39-18-20-40(21-19-39)50-37(3)61-34-73-50)62-36(2)48-27-45(68)32-67(48)53(71)51(56(4,5)6)63-49(69)33-66-43-23-24-44(66)31-65(30-43)26-12-11-13-38-14-16-41(17-15-38)52(70)64-54-57(7,8)55(58(54,9)10)72-46-25-22-42(29-60)47(59)28-46/h14-22,25,28,34-35,43-45,48,51,54-55,62,68H,2,11-13,23-24,26-27,30-33H2,1,3-10H3,(H,63,69)(H,64,70)/t35-,43?,44?,45+,48-,51+,54-,55-/m0/s1. The summed E-state index contributed by atoms with van der Waals surface area (Å²) in [5, 5.41) is 30.5. The lowest BCUT2D eigenvalue weighted by Crippen LogP contribution is -2.74. The summed E-state index contributed by atoms with van der Waals surface area (Å²) in [6.07, 6.45) is 4.60. The highest BCUT2D eigenvalue weighted by molar-refractivity contribution is 7.13. The lowest BCUT2D eigenvalue weighted by Gasteiger charge is -2.63. The van der Waals surface area contributed by atoms with Crippen molar-refractivity contribution in [2.75, 3.05) is 32.7 Å². The first-order valence-corrected chi connectivity index (χ1v) is 27.3. The van der Waals surface area contributed by atoms with E-state index in [0.717, 1.165) is 73.4 Å². The van der Waals surface area contributed by atoms with Gasteiger partial charge in [0.15, 0.2) is 0 Å². The summed E-state index contributed by atoms with van der Waals surface area (Å²) in [5.41, 5.74) is 6.70. The second-order valence-corrected chi connectivity index (χ2v) is 24.6. The van der Waals surface area contributed by atoms with Gasteiger partial charge in [-0.15, -0.1) is 11.3 Å². The van der Waals surface area contributed by atoms with Crippen LogP contribution in [-0.2, 0) is 16.0 Å². The molecule has 4 aromatic rings. The maximum Gasteiger partial charge on any atom is 0.251 e. The molecule has 8 rings (SSSR count). The number of thiazole rings is 1. The Balaban J connectivity index is 0.773. The molecule has 2 unspecified atom stereocenters. The van der Waals surface area contributed by atoms with Gasteiger partial charge in [0.05, 0.1) is 45.4 Å². The molecule has 1 saturated carbocycles. The Bertz CT molecular complexity index is 2660. The second-order valence-electron chi connectivity index (χ2n) is 23.3. The van der Waals surface area contributed by atoms with Crippen molar-refractivity contribution < 1.29 is 24.2 Å². The SMILES string of the molecule is C=C(N[C@@H](C)c1ccc(-c2scnc2C)cc1)[C@@H]1C[C@@H](O)CN1C(=O)[C@@H](NC(=O)CN1C2CCC1CN(CCCCc1ccc(C(=O)N[C@H]3C(C)(C)[C@H](Oc4ccc(C#N)c(Cl)c4)C3(C)C)cc1)C2)C(C)(C)C. The summed E-state index contributed by atoms with van der Waals surface area (Å²) in [6.45, 7) is 26.0. The highest BCUT2D eigenvalue weighted by Gasteiger charge is 2.64. The molecule has 15 heteroatoms. The molecular formula is C58H75ClN8O5S. The third kappa shape index (κ3) is 11.8. The Hall–Kier alpha value is -5.30. The number of β-amino-alcohol motifs (C(OH)–C–C–N with tert-alkyl or cyclic N) is 1. The highest BCUT2D eigenvalue weighted by Crippen LogP contribution is 2.55. The minimum absolute atomic E-state index is 0.0827. The minimum atomic E-state index is -0.780. The number of aliphatic hydroxyl groups is 1. The zero-order chi connectivity index (χ0) is 52.6. The van der Waals surface area contributed by atoms with Crippen molar-refractivity contribution in [3.8, 4) is 22.3 Å². The molecule has 3 aromatic carbocycles. The summed E-state index contributed by atoms with van der Waals surface area (Å²) < 4.78 is 6.40. The zero-order valence-corrected chi connectivity index (χ0v) is 45.7. The van der Waals surface area contributed by atoms with Crippen LogP contribution in [0.1, 0.15) is 126 Å². The van der Waals surface area contributed by atoms with Crippen molar-refractivity contribution in [2.45, 2.75) is 149 Å². The number of amides is 3. The fourth-order valence-corrected chi connectivity index (χ4v) is 13.4. The summed E-state index contributed by atoms with van der Waals surface area (Å²) in [7, 11) is 0. The molecule has 390 valence electrons. The number of ether oxygens (including phenoxy) is 1. The molecule has 3 amide bonds. The number of carbonyl (C=O) groups is 3. The Morgan fingerprint density at radius 1 is 0.973 bits per heavy atom. The molecule has 13 nitrogen and oxygen atoms in total. The van der Waals surface area contributed by atoms with Crippen LogP contribution in [0.15, 0.2) is 84.5 Å². The number of nitrogens with one attached hydrogen (secondary N) is 3. The summed E-state index contributed by atoms with van der Waals surface area (Å²) in [4.78, 5) is 54.1. The average molecular weight is 1030 g/mol. The van der Waals surface area contributed by atoms with Gasteiger partial charge >= 0.3 is 0 Å².